The fourth-order valence-corrected chi connectivity index (χ4v) is 4.15. The van der Waals surface area contributed by atoms with Gasteiger partial charge in [-0.3, -0.25) is 4.90 Å². The average molecular weight is 313 g/mol. The lowest BCUT2D eigenvalue weighted by Crippen LogP contribution is -2.46. The van der Waals surface area contributed by atoms with Gasteiger partial charge >= 0.3 is 0 Å². The van der Waals surface area contributed by atoms with E-state index in [2.05, 4.69) is 16.3 Å². The van der Waals surface area contributed by atoms with Gasteiger partial charge in [-0.05, 0) is 30.4 Å². The summed E-state index contributed by atoms with van der Waals surface area (Å²) in [5.41, 5.74) is 1.23. The van der Waals surface area contributed by atoms with Gasteiger partial charge in [0.05, 0.1) is 10.0 Å². The summed E-state index contributed by atoms with van der Waals surface area (Å²) < 4.78 is 0. The fraction of sp³-hybridized carbons (Fsp3) is 0.625. The zero-order chi connectivity index (χ0) is 13.9. The van der Waals surface area contributed by atoms with Crippen LogP contribution in [-0.4, -0.2) is 31.1 Å². The van der Waals surface area contributed by atoms with Gasteiger partial charge in [0.1, 0.15) is 0 Å². The number of rotatable bonds is 3. The molecule has 0 radical (unpaired) electrons. The first kappa shape index (κ1) is 14.6. The van der Waals surface area contributed by atoms with Crippen LogP contribution in [0.15, 0.2) is 18.2 Å². The first-order chi connectivity index (χ1) is 9.77. The van der Waals surface area contributed by atoms with Crippen molar-refractivity contribution in [1.29, 1.82) is 0 Å². The van der Waals surface area contributed by atoms with E-state index in [0.717, 1.165) is 37.1 Å². The van der Waals surface area contributed by atoms with Crippen LogP contribution in [0.3, 0.4) is 0 Å². The number of nitrogens with one attached hydrogen (secondary N) is 1. The van der Waals surface area contributed by atoms with Crippen LogP contribution in [0.4, 0.5) is 0 Å². The second-order valence-electron chi connectivity index (χ2n) is 5.92. The zero-order valence-corrected chi connectivity index (χ0v) is 13.3. The highest BCUT2D eigenvalue weighted by atomic mass is 35.5. The lowest BCUT2D eigenvalue weighted by molar-refractivity contribution is 0.125. The van der Waals surface area contributed by atoms with Crippen LogP contribution >= 0.6 is 23.2 Å². The average Bonchev–Trinajstić information content (AvgIpc) is 2.99. The molecule has 20 heavy (non-hydrogen) atoms. The Balaban J connectivity index is 1.93. The minimum atomic E-state index is 0.436. The molecule has 1 aromatic rings. The van der Waals surface area contributed by atoms with Gasteiger partial charge in [-0.2, -0.15) is 0 Å². The molecule has 1 saturated carbocycles. The van der Waals surface area contributed by atoms with Crippen LogP contribution in [0.2, 0.25) is 10.0 Å². The van der Waals surface area contributed by atoms with E-state index in [1.807, 2.05) is 12.1 Å². The highest BCUT2D eigenvalue weighted by Gasteiger charge is 2.33. The molecule has 1 aliphatic heterocycles. The van der Waals surface area contributed by atoms with E-state index in [9.17, 15) is 0 Å². The number of benzene rings is 1. The number of halogens is 2. The minimum absolute atomic E-state index is 0.436. The summed E-state index contributed by atoms with van der Waals surface area (Å²) >= 11 is 12.8. The van der Waals surface area contributed by atoms with Crippen LogP contribution in [0.5, 0.6) is 0 Å². The summed E-state index contributed by atoms with van der Waals surface area (Å²) in [4.78, 5) is 2.60. The molecule has 1 atom stereocenters. The van der Waals surface area contributed by atoms with Crippen molar-refractivity contribution in [1.82, 2.24) is 10.2 Å². The fourth-order valence-electron chi connectivity index (χ4n) is 3.73. The predicted molar refractivity (Wildman–Crippen MR) is 85.6 cm³/mol. The van der Waals surface area contributed by atoms with E-state index in [1.165, 1.54) is 31.2 Å². The largest absolute Gasteiger partial charge is 0.314 e. The van der Waals surface area contributed by atoms with E-state index in [-0.39, 0.29) is 0 Å². The number of hydrogen-bond donors (Lipinski definition) is 1. The Bertz CT molecular complexity index is 452. The molecule has 1 heterocycles. The van der Waals surface area contributed by atoms with Crippen LogP contribution < -0.4 is 5.32 Å². The van der Waals surface area contributed by atoms with E-state index in [4.69, 9.17) is 23.2 Å². The van der Waals surface area contributed by atoms with Gasteiger partial charge in [0, 0.05) is 32.2 Å². The van der Waals surface area contributed by atoms with E-state index in [0.29, 0.717) is 11.1 Å². The maximum absolute atomic E-state index is 6.51. The van der Waals surface area contributed by atoms with Crippen molar-refractivity contribution in [2.75, 3.05) is 26.2 Å². The molecule has 3 rings (SSSR count). The summed E-state index contributed by atoms with van der Waals surface area (Å²) in [6.07, 6.45) is 5.34. The Labute approximate surface area is 131 Å². The van der Waals surface area contributed by atoms with Gasteiger partial charge in [-0.15, -0.1) is 0 Å². The van der Waals surface area contributed by atoms with Crippen LogP contribution in [-0.2, 0) is 0 Å². The molecular weight excluding hydrogens is 291 g/mol. The van der Waals surface area contributed by atoms with Gasteiger partial charge in [-0.1, -0.05) is 48.2 Å². The van der Waals surface area contributed by atoms with Crippen LogP contribution in [0.25, 0.3) is 0 Å². The minimum Gasteiger partial charge on any atom is -0.314 e. The Morgan fingerprint density at radius 3 is 2.50 bits per heavy atom. The molecule has 0 amide bonds. The molecule has 1 aromatic carbocycles. The molecule has 0 bridgehead atoms. The summed E-state index contributed by atoms with van der Waals surface area (Å²) in [6.45, 7) is 4.34. The molecule has 4 heteroatoms. The van der Waals surface area contributed by atoms with Crippen LogP contribution in [0, 0.1) is 5.92 Å². The highest BCUT2D eigenvalue weighted by molar-refractivity contribution is 6.42. The molecule has 2 aliphatic rings. The van der Waals surface area contributed by atoms with E-state index < -0.39 is 0 Å². The quantitative estimate of drug-likeness (QED) is 0.902. The van der Waals surface area contributed by atoms with Gasteiger partial charge in [0.15, 0.2) is 0 Å². The second-order valence-corrected chi connectivity index (χ2v) is 6.70. The molecule has 0 aromatic heterocycles. The van der Waals surface area contributed by atoms with Gasteiger partial charge in [-0.25, -0.2) is 0 Å². The molecule has 1 saturated heterocycles. The molecule has 110 valence electrons. The summed E-state index contributed by atoms with van der Waals surface area (Å²) in [5, 5.41) is 4.87. The topological polar surface area (TPSA) is 15.3 Å². The van der Waals surface area contributed by atoms with Crippen molar-refractivity contribution in [3.8, 4) is 0 Å². The Morgan fingerprint density at radius 2 is 1.80 bits per heavy atom. The molecular formula is C16H22Cl2N2. The Hall–Kier alpha value is -0.280. The first-order valence-electron chi connectivity index (χ1n) is 7.66. The third-order valence-corrected chi connectivity index (χ3v) is 5.52. The third-order valence-electron chi connectivity index (χ3n) is 4.69. The van der Waals surface area contributed by atoms with E-state index in [1.54, 1.807) is 0 Å². The lowest BCUT2D eigenvalue weighted by Gasteiger charge is -2.39. The molecule has 1 N–H and O–H groups in total. The Kier molecular flexibility index (Phi) is 4.87. The molecule has 0 spiro atoms. The van der Waals surface area contributed by atoms with Crippen LogP contribution in [0.1, 0.15) is 37.3 Å². The maximum Gasteiger partial charge on any atom is 0.0640 e. The monoisotopic (exact) mass is 312 g/mol. The summed E-state index contributed by atoms with van der Waals surface area (Å²) in [7, 11) is 0. The normalized spacial score (nSPS) is 23.1. The van der Waals surface area contributed by atoms with Crippen molar-refractivity contribution in [3.63, 3.8) is 0 Å². The number of piperazine rings is 1. The van der Waals surface area contributed by atoms with Gasteiger partial charge in [0.2, 0.25) is 0 Å². The van der Waals surface area contributed by atoms with Gasteiger partial charge in [0.25, 0.3) is 0 Å². The smallest absolute Gasteiger partial charge is 0.0640 e. The van der Waals surface area contributed by atoms with Crippen molar-refractivity contribution in [2.45, 2.75) is 31.7 Å². The van der Waals surface area contributed by atoms with Crippen molar-refractivity contribution in [3.05, 3.63) is 33.8 Å². The summed E-state index contributed by atoms with van der Waals surface area (Å²) in [6, 6.07) is 6.52. The predicted octanol–water partition coefficient (Wildman–Crippen LogP) is 4.13. The molecule has 2 fully saturated rings. The highest BCUT2D eigenvalue weighted by Crippen LogP contribution is 2.43. The molecule has 0 unspecified atom stereocenters. The maximum atomic E-state index is 6.51. The molecule has 2 nitrogen and oxygen atoms in total. The Morgan fingerprint density at radius 1 is 1.10 bits per heavy atom. The SMILES string of the molecule is Clc1cccc([C@@H](C2CCCC2)N2CCNCC2)c1Cl. The van der Waals surface area contributed by atoms with Crippen molar-refractivity contribution < 1.29 is 0 Å². The zero-order valence-electron chi connectivity index (χ0n) is 11.7. The summed E-state index contributed by atoms with van der Waals surface area (Å²) in [5.74, 6) is 0.726. The molecule has 1 aliphatic carbocycles. The first-order valence-corrected chi connectivity index (χ1v) is 8.41. The van der Waals surface area contributed by atoms with E-state index >= 15 is 0 Å². The van der Waals surface area contributed by atoms with Crippen molar-refractivity contribution >= 4 is 23.2 Å². The standard InChI is InChI=1S/C16H22Cl2N2/c17-14-7-3-6-13(15(14)18)16(12-4-1-2-5-12)20-10-8-19-9-11-20/h3,6-7,12,16,19H,1-2,4-5,8-11H2/t16-/m1/s1. The number of nitrogens with zero attached hydrogens (tertiary/aromatic N) is 1. The van der Waals surface area contributed by atoms with Gasteiger partial charge < -0.3 is 5.32 Å². The second kappa shape index (κ2) is 6.65. The lowest BCUT2D eigenvalue weighted by atomic mass is 9.89. The number of hydrogen-bond acceptors (Lipinski definition) is 2. The van der Waals surface area contributed by atoms with Crippen molar-refractivity contribution in [2.24, 2.45) is 5.92 Å². The third kappa shape index (κ3) is 2.99.